The van der Waals surface area contributed by atoms with Crippen molar-refractivity contribution in [3.05, 3.63) is 0 Å². The first-order valence-corrected chi connectivity index (χ1v) is 8.02. The summed E-state index contributed by atoms with van der Waals surface area (Å²) >= 11 is 0. The van der Waals surface area contributed by atoms with Crippen LogP contribution in [0.5, 0.6) is 0 Å². The van der Waals surface area contributed by atoms with Crippen LogP contribution in [0.4, 0.5) is 0 Å². The molecule has 0 unspecified atom stereocenters. The average Bonchev–Trinajstić information content (AvgIpc) is 2.47. The third-order valence-electron chi connectivity index (χ3n) is 4.49. The van der Waals surface area contributed by atoms with Gasteiger partial charge in [-0.25, -0.2) is 0 Å². The van der Waals surface area contributed by atoms with Gasteiger partial charge in [0.25, 0.3) is 0 Å². The van der Waals surface area contributed by atoms with Crippen LogP contribution in [-0.2, 0) is 4.74 Å². The molecule has 1 aliphatic heterocycles. The summed E-state index contributed by atoms with van der Waals surface area (Å²) in [4.78, 5) is 4.94. The molecular weight excluding hydrogens is 240 g/mol. The van der Waals surface area contributed by atoms with Gasteiger partial charge >= 0.3 is 0 Å². The van der Waals surface area contributed by atoms with Crippen LogP contribution in [0.3, 0.4) is 0 Å². The van der Waals surface area contributed by atoms with E-state index < -0.39 is 0 Å². The molecule has 2 fully saturated rings. The maximum absolute atomic E-state index is 9.23. The van der Waals surface area contributed by atoms with Crippen LogP contribution in [0, 0.1) is 5.92 Å². The molecular formula is C15H30N2O2. The van der Waals surface area contributed by atoms with Gasteiger partial charge in [0.05, 0.1) is 19.8 Å². The van der Waals surface area contributed by atoms with Crippen LogP contribution in [0.25, 0.3) is 0 Å². The zero-order valence-electron chi connectivity index (χ0n) is 12.2. The summed E-state index contributed by atoms with van der Waals surface area (Å²) < 4.78 is 5.38. The third-order valence-corrected chi connectivity index (χ3v) is 4.49. The molecule has 2 rings (SSSR count). The smallest absolute Gasteiger partial charge is 0.0594 e. The molecule has 1 N–H and O–H groups in total. The largest absolute Gasteiger partial charge is 0.395 e. The number of aliphatic hydroxyl groups is 1. The van der Waals surface area contributed by atoms with Gasteiger partial charge in [0, 0.05) is 39.3 Å². The summed E-state index contributed by atoms with van der Waals surface area (Å²) in [5, 5.41) is 9.23. The average molecular weight is 270 g/mol. The fraction of sp³-hybridized carbons (Fsp3) is 1.00. The molecule has 19 heavy (non-hydrogen) atoms. The Morgan fingerprint density at radius 2 is 1.79 bits per heavy atom. The number of hydrogen-bond donors (Lipinski definition) is 1. The molecule has 0 bridgehead atoms. The minimum atomic E-state index is 0.288. The second-order valence-corrected chi connectivity index (χ2v) is 5.98. The van der Waals surface area contributed by atoms with Crippen molar-refractivity contribution in [3.63, 3.8) is 0 Å². The van der Waals surface area contributed by atoms with E-state index in [0.717, 1.165) is 51.9 Å². The van der Waals surface area contributed by atoms with E-state index in [1.807, 2.05) is 0 Å². The lowest BCUT2D eigenvalue weighted by Crippen LogP contribution is -2.43. The Bertz CT molecular complexity index is 226. The Morgan fingerprint density at radius 3 is 2.47 bits per heavy atom. The minimum absolute atomic E-state index is 0.288. The SMILES string of the molecule is OCCN(CCN1CCOCC1)CC1CCCCC1. The van der Waals surface area contributed by atoms with Crippen molar-refractivity contribution in [1.82, 2.24) is 9.80 Å². The van der Waals surface area contributed by atoms with E-state index in [1.54, 1.807) is 0 Å². The van der Waals surface area contributed by atoms with Gasteiger partial charge in [-0.2, -0.15) is 0 Å². The monoisotopic (exact) mass is 270 g/mol. The first-order chi connectivity index (χ1) is 9.38. The van der Waals surface area contributed by atoms with Crippen molar-refractivity contribution in [2.45, 2.75) is 32.1 Å². The zero-order chi connectivity index (χ0) is 13.3. The molecule has 4 heteroatoms. The fourth-order valence-corrected chi connectivity index (χ4v) is 3.28. The molecule has 0 amide bonds. The number of rotatable bonds is 7. The first-order valence-electron chi connectivity index (χ1n) is 8.02. The fourth-order valence-electron chi connectivity index (χ4n) is 3.28. The second-order valence-electron chi connectivity index (χ2n) is 5.98. The highest BCUT2D eigenvalue weighted by Gasteiger charge is 2.18. The van der Waals surface area contributed by atoms with Crippen LogP contribution in [0.15, 0.2) is 0 Å². The highest BCUT2D eigenvalue weighted by atomic mass is 16.5. The van der Waals surface area contributed by atoms with Crippen LogP contribution in [-0.4, -0.2) is 74.0 Å². The summed E-state index contributed by atoms with van der Waals surface area (Å²) in [6, 6.07) is 0. The summed E-state index contributed by atoms with van der Waals surface area (Å²) in [5.74, 6) is 0.866. The minimum Gasteiger partial charge on any atom is -0.395 e. The second kappa shape index (κ2) is 8.90. The van der Waals surface area contributed by atoms with Crippen molar-refractivity contribution < 1.29 is 9.84 Å². The maximum atomic E-state index is 9.23. The van der Waals surface area contributed by atoms with Gasteiger partial charge in [-0.3, -0.25) is 9.80 Å². The Hall–Kier alpha value is -0.160. The van der Waals surface area contributed by atoms with Gasteiger partial charge in [0.1, 0.15) is 0 Å². The lowest BCUT2D eigenvalue weighted by atomic mass is 9.89. The van der Waals surface area contributed by atoms with E-state index in [-0.39, 0.29) is 6.61 Å². The molecule has 0 spiro atoms. The van der Waals surface area contributed by atoms with Crippen LogP contribution in [0.2, 0.25) is 0 Å². The Kier molecular flexibility index (Phi) is 7.14. The molecule has 1 heterocycles. The van der Waals surface area contributed by atoms with Gasteiger partial charge in [-0.05, 0) is 18.8 Å². The predicted molar refractivity (Wildman–Crippen MR) is 77.4 cm³/mol. The summed E-state index contributed by atoms with van der Waals surface area (Å²) in [7, 11) is 0. The number of ether oxygens (including phenoxy) is 1. The molecule has 0 atom stereocenters. The maximum Gasteiger partial charge on any atom is 0.0594 e. The summed E-state index contributed by atoms with van der Waals surface area (Å²) in [6.07, 6.45) is 7.01. The summed E-state index contributed by atoms with van der Waals surface area (Å²) in [6.45, 7) is 8.41. The van der Waals surface area contributed by atoms with Gasteiger partial charge in [0.2, 0.25) is 0 Å². The molecule has 1 saturated carbocycles. The van der Waals surface area contributed by atoms with E-state index in [4.69, 9.17) is 4.74 Å². The van der Waals surface area contributed by atoms with Crippen molar-refractivity contribution in [1.29, 1.82) is 0 Å². The zero-order valence-corrected chi connectivity index (χ0v) is 12.2. The molecule has 0 aromatic carbocycles. The predicted octanol–water partition coefficient (Wildman–Crippen LogP) is 1.19. The van der Waals surface area contributed by atoms with Gasteiger partial charge in [-0.15, -0.1) is 0 Å². The van der Waals surface area contributed by atoms with Crippen LogP contribution in [0.1, 0.15) is 32.1 Å². The summed E-state index contributed by atoms with van der Waals surface area (Å²) in [5.41, 5.74) is 0. The van der Waals surface area contributed by atoms with Gasteiger partial charge in [0.15, 0.2) is 0 Å². The van der Waals surface area contributed by atoms with Crippen molar-refractivity contribution in [3.8, 4) is 0 Å². The first kappa shape index (κ1) is 15.2. The van der Waals surface area contributed by atoms with Gasteiger partial charge in [-0.1, -0.05) is 19.3 Å². The lowest BCUT2D eigenvalue weighted by Gasteiger charge is -2.32. The topological polar surface area (TPSA) is 35.9 Å². The number of nitrogens with zero attached hydrogens (tertiary/aromatic N) is 2. The van der Waals surface area contributed by atoms with E-state index in [1.165, 1.54) is 38.6 Å². The van der Waals surface area contributed by atoms with E-state index in [0.29, 0.717) is 0 Å². The Morgan fingerprint density at radius 1 is 1.05 bits per heavy atom. The highest BCUT2D eigenvalue weighted by Crippen LogP contribution is 2.24. The van der Waals surface area contributed by atoms with E-state index in [2.05, 4.69) is 9.80 Å². The number of aliphatic hydroxyl groups excluding tert-OH is 1. The normalized spacial score (nSPS) is 23.1. The molecule has 0 aromatic rings. The molecule has 1 saturated heterocycles. The molecule has 0 aromatic heterocycles. The van der Waals surface area contributed by atoms with E-state index >= 15 is 0 Å². The van der Waals surface area contributed by atoms with Crippen molar-refractivity contribution >= 4 is 0 Å². The third kappa shape index (κ3) is 5.78. The van der Waals surface area contributed by atoms with Gasteiger partial charge < -0.3 is 9.84 Å². The molecule has 2 aliphatic rings. The standard InChI is InChI=1S/C15H30N2O2/c18-11-8-17(14-15-4-2-1-3-5-15)7-6-16-9-12-19-13-10-16/h15,18H,1-14H2. The van der Waals surface area contributed by atoms with Crippen molar-refractivity contribution in [2.75, 3.05) is 59.1 Å². The van der Waals surface area contributed by atoms with Crippen LogP contribution >= 0.6 is 0 Å². The highest BCUT2D eigenvalue weighted by molar-refractivity contribution is 4.72. The Balaban J connectivity index is 1.68. The van der Waals surface area contributed by atoms with Crippen LogP contribution < -0.4 is 0 Å². The molecule has 112 valence electrons. The van der Waals surface area contributed by atoms with Crippen molar-refractivity contribution in [2.24, 2.45) is 5.92 Å². The molecule has 0 radical (unpaired) electrons. The molecule has 4 nitrogen and oxygen atoms in total. The number of morpholine rings is 1. The van der Waals surface area contributed by atoms with E-state index in [9.17, 15) is 5.11 Å². The quantitative estimate of drug-likeness (QED) is 0.754. The Labute approximate surface area is 117 Å². The lowest BCUT2D eigenvalue weighted by molar-refractivity contribution is 0.0311. The molecule has 1 aliphatic carbocycles. The number of hydrogen-bond acceptors (Lipinski definition) is 4.